The molecule has 1 fully saturated rings. The van der Waals surface area contributed by atoms with E-state index in [2.05, 4.69) is 25.0 Å². The van der Waals surface area contributed by atoms with Crippen molar-refractivity contribution in [1.29, 1.82) is 0 Å². The first kappa shape index (κ1) is 26.8. The molecule has 0 aliphatic heterocycles. The number of hydrogen-bond acceptors (Lipinski definition) is 8. The molecule has 1 saturated carbocycles. The standard InChI is InChI=1S/C23H24F3N5O4S2/c1-4-35-19-11-27-10-17(28-19)13-5-8-15(16(9-13)23(24,25)26)20(32)30-22(2,3)18-12-36-21(29-18)31-37(33,34)14-6-7-14/h5,8-12,14H,4,6-7H2,1-3H3,(H,29,31)(H,30,32). The van der Waals surface area contributed by atoms with Crippen LogP contribution in [-0.4, -0.2) is 41.1 Å². The molecule has 0 spiro atoms. The summed E-state index contributed by atoms with van der Waals surface area (Å²) >= 11 is 1.03. The molecule has 1 aliphatic carbocycles. The Bertz CT molecular complexity index is 1420. The fraction of sp³-hybridized carbons (Fsp3) is 0.391. The lowest BCUT2D eigenvalue weighted by atomic mass is 9.98. The van der Waals surface area contributed by atoms with Gasteiger partial charge in [-0.1, -0.05) is 6.07 Å². The number of nitrogens with zero attached hydrogens (tertiary/aromatic N) is 3. The number of rotatable bonds is 9. The van der Waals surface area contributed by atoms with Gasteiger partial charge >= 0.3 is 6.18 Å². The van der Waals surface area contributed by atoms with E-state index in [-0.39, 0.29) is 22.3 Å². The molecule has 37 heavy (non-hydrogen) atoms. The summed E-state index contributed by atoms with van der Waals surface area (Å²) < 4.78 is 73.9. The van der Waals surface area contributed by atoms with Crippen LogP contribution in [0, 0.1) is 0 Å². The number of benzene rings is 1. The van der Waals surface area contributed by atoms with Gasteiger partial charge in [0.05, 0.1) is 52.3 Å². The molecule has 14 heteroatoms. The van der Waals surface area contributed by atoms with Gasteiger partial charge < -0.3 is 10.1 Å². The predicted molar refractivity (Wildman–Crippen MR) is 132 cm³/mol. The van der Waals surface area contributed by atoms with E-state index < -0.39 is 44.0 Å². The third-order valence-corrected chi connectivity index (χ3v) is 8.25. The summed E-state index contributed by atoms with van der Waals surface area (Å²) in [5, 5.41) is 3.81. The van der Waals surface area contributed by atoms with Crippen LogP contribution in [-0.2, 0) is 21.7 Å². The monoisotopic (exact) mass is 555 g/mol. The van der Waals surface area contributed by atoms with Gasteiger partial charge in [0.1, 0.15) is 0 Å². The third-order valence-electron chi connectivity index (χ3n) is 5.53. The third kappa shape index (κ3) is 6.18. The average molecular weight is 556 g/mol. The van der Waals surface area contributed by atoms with Crippen LogP contribution in [0.1, 0.15) is 55.2 Å². The molecule has 198 valence electrons. The van der Waals surface area contributed by atoms with Gasteiger partial charge in [0.2, 0.25) is 15.9 Å². The highest BCUT2D eigenvalue weighted by Crippen LogP contribution is 2.36. The summed E-state index contributed by atoms with van der Waals surface area (Å²) in [6, 6.07) is 3.27. The Morgan fingerprint density at radius 2 is 1.92 bits per heavy atom. The van der Waals surface area contributed by atoms with Crippen molar-refractivity contribution < 1.29 is 31.1 Å². The number of hydrogen-bond donors (Lipinski definition) is 2. The van der Waals surface area contributed by atoms with Gasteiger partial charge in [-0.15, -0.1) is 11.3 Å². The van der Waals surface area contributed by atoms with Gasteiger partial charge in [0, 0.05) is 10.9 Å². The summed E-state index contributed by atoms with van der Waals surface area (Å²) in [6.45, 7) is 5.18. The lowest BCUT2D eigenvalue weighted by Crippen LogP contribution is -2.42. The van der Waals surface area contributed by atoms with E-state index >= 15 is 0 Å². The number of sulfonamides is 1. The highest BCUT2D eigenvalue weighted by Gasteiger charge is 2.38. The van der Waals surface area contributed by atoms with E-state index in [9.17, 15) is 26.4 Å². The maximum atomic E-state index is 14.0. The largest absolute Gasteiger partial charge is 0.477 e. The summed E-state index contributed by atoms with van der Waals surface area (Å²) in [4.78, 5) is 25.4. The minimum atomic E-state index is -4.83. The highest BCUT2D eigenvalue weighted by molar-refractivity contribution is 7.93. The summed E-state index contributed by atoms with van der Waals surface area (Å²) in [7, 11) is -3.53. The van der Waals surface area contributed by atoms with E-state index in [0.717, 1.165) is 23.5 Å². The average Bonchev–Trinajstić information content (AvgIpc) is 3.58. The first-order valence-electron chi connectivity index (χ1n) is 11.3. The van der Waals surface area contributed by atoms with Crippen LogP contribution < -0.4 is 14.8 Å². The van der Waals surface area contributed by atoms with Gasteiger partial charge in [-0.3, -0.25) is 14.5 Å². The number of halogens is 3. The Hall–Kier alpha value is -3.26. The van der Waals surface area contributed by atoms with Crippen LogP contribution in [0.3, 0.4) is 0 Å². The van der Waals surface area contributed by atoms with Crippen LogP contribution in [0.2, 0.25) is 0 Å². The molecule has 0 saturated heterocycles. The molecule has 9 nitrogen and oxygen atoms in total. The van der Waals surface area contributed by atoms with Crippen molar-refractivity contribution in [3.63, 3.8) is 0 Å². The Morgan fingerprint density at radius 1 is 1.19 bits per heavy atom. The Morgan fingerprint density at radius 3 is 2.57 bits per heavy atom. The maximum absolute atomic E-state index is 14.0. The number of carbonyl (C=O) groups excluding carboxylic acids is 1. The molecule has 2 N–H and O–H groups in total. The summed E-state index contributed by atoms with van der Waals surface area (Å²) in [5.74, 6) is -0.801. The normalized spacial score (nSPS) is 14.3. The lowest BCUT2D eigenvalue weighted by Gasteiger charge is -2.25. The molecule has 2 heterocycles. The van der Waals surface area contributed by atoms with Crippen molar-refractivity contribution in [2.75, 3.05) is 11.3 Å². The van der Waals surface area contributed by atoms with Gasteiger partial charge in [0.25, 0.3) is 5.91 Å². The van der Waals surface area contributed by atoms with E-state index in [1.807, 2.05) is 0 Å². The zero-order valence-corrected chi connectivity index (χ0v) is 21.7. The van der Waals surface area contributed by atoms with Crippen LogP contribution in [0.15, 0.2) is 36.0 Å². The first-order chi connectivity index (χ1) is 17.3. The fourth-order valence-corrected chi connectivity index (χ4v) is 5.92. The Balaban J connectivity index is 1.58. The lowest BCUT2D eigenvalue weighted by molar-refractivity contribution is -0.137. The van der Waals surface area contributed by atoms with Gasteiger partial charge in [-0.25, -0.2) is 18.4 Å². The molecule has 4 rings (SSSR count). The molecular formula is C23H24F3N5O4S2. The Kier molecular flexibility index (Phi) is 7.16. The number of alkyl halides is 3. The molecular weight excluding hydrogens is 531 g/mol. The van der Waals surface area contributed by atoms with Gasteiger partial charge in [-0.05, 0) is 45.7 Å². The molecule has 0 radical (unpaired) electrons. The van der Waals surface area contributed by atoms with E-state index in [4.69, 9.17) is 4.74 Å². The second-order valence-electron chi connectivity index (χ2n) is 8.90. The van der Waals surface area contributed by atoms with E-state index in [0.29, 0.717) is 25.1 Å². The molecule has 1 aromatic carbocycles. The zero-order valence-electron chi connectivity index (χ0n) is 20.1. The molecule has 2 aromatic heterocycles. The number of aromatic nitrogens is 3. The van der Waals surface area contributed by atoms with E-state index in [1.54, 1.807) is 26.2 Å². The number of thiazole rings is 1. The smallest absolute Gasteiger partial charge is 0.417 e. The summed E-state index contributed by atoms with van der Waals surface area (Å²) in [5.41, 5.74) is -2.35. The molecule has 1 amide bonds. The van der Waals surface area contributed by atoms with E-state index in [1.165, 1.54) is 18.5 Å². The fourth-order valence-electron chi connectivity index (χ4n) is 3.45. The van der Waals surface area contributed by atoms with Crippen molar-refractivity contribution in [2.24, 2.45) is 0 Å². The maximum Gasteiger partial charge on any atom is 0.417 e. The first-order valence-corrected chi connectivity index (χ1v) is 13.7. The van der Waals surface area contributed by atoms with Crippen molar-refractivity contribution >= 4 is 32.4 Å². The van der Waals surface area contributed by atoms with Crippen LogP contribution in [0.25, 0.3) is 11.3 Å². The number of amides is 1. The summed E-state index contributed by atoms with van der Waals surface area (Å²) in [6.07, 6.45) is -1.01. The minimum absolute atomic E-state index is 0.115. The van der Waals surface area contributed by atoms with Gasteiger partial charge in [-0.2, -0.15) is 13.2 Å². The quantitative estimate of drug-likeness (QED) is 0.396. The number of nitrogens with one attached hydrogen (secondary N) is 2. The minimum Gasteiger partial charge on any atom is -0.477 e. The number of anilines is 1. The zero-order chi connectivity index (χ0) is 27.0. The van der Waals surface area contributed by atoms with Crippen molar-refractivity contribution in [2.45, 2.75) is 50.6 Å². The van der Waals surface area contributed by atoms with Gasteiger partial charge in [0.15, 0.2) is 5.13 Å². The number of carbonyl (C=O) groups is 1. The molecule has 0 unspecified atom stereocenters. The Labute approximate surface area is 215 Å². The van der Waals surface area contributed by atoms with Crippen LogP contribution in [0.5, 0.6) is 5.88 Å². The second-order valence-corrected chi connectivity index (χ2v) is 11.7. The second kappa shape index (κ2) is 9.89. The van der Waals surface area contributed by atoms with Crippen molar-refractivity contribution in [3.8, 4) is 17.1 Å². The molecule has 1 aliphatic rings. The molecule has 3 aromatic rings. The predicted octanol–water partition coefficient (Wildman–Crippen LogP) is 4.59. The highest BCUT2D eigenvalue weighted by atomic mass is 32.2. The molecule has 0 bridgehead atoms. The van der Waals surface area contributed by atoms with Crippen molar-refractivity contribution in [3.05, 3.63) is 52.8 Å². The van der Waals surface area contributed by atoms with Crippen LogP contribution >= 0.6 is 11.3 Å². The van der Waals surface area contributed by atoms with Crippen LogP contribution in [0.4, 0.5) is 18.3 Å². The topological polar surface area (TPSA) is 123 Å². The van der Waals surface area contributed by atoms with Crippen molar-refractivity contribution in [1.82, 2.24) is 20.3 Å². The SMILES string of the molecule is CCOc1cncc(-c2ccc(C(=O)NC(C)(C)c3csc(NS(=O)(=O)C4CC4)n3)c(C(F)(F)F)c2)n1. The molecule has 0 atom stereocenters. The number of ether oxygens (including phenoxy) is 1.